The number of aromatic nitrogens is 2. The van der Waals surface area contributed by atoms with E-state index >= 15 is 0 Å². The molecule has 1 amide bonds. The van der Waals surface area contributed by atoms with E-state index in [4.69, 9.17) is 27.0 Å². The zero-order valence-corrected chi connectivity index (χ0v) is 25.8. The van der Waals surface area contributed by atoms with Crippen molar-refractivity contribution in [3.63, 3.8) is 0 Å². The largest absolute Gasteiger partial charge is 0.481 e. The molecule has 0 aliphatic carbocycles. The van der Waals surface area contributed by atoms with Crippen molar-refractivity contribution in [2.75, 3.05) is 24.5 Å². The maximum absolute atomic E-state index is 13.8. The van der Waals surface area contributed by atoms with Gasteiger partial charge in [0.25, 0.3) is 11.5 Å². The molecule has 2 aromatic rings. The third kappa shape index (κ3) is 7.96. The van der Waals surface area contributed by atoms with Gasteiger partial charge in [0.1, 0.15) is 15.8 Å². The van der Waals surface area contributed by atoms with Crippen molar-refractivity contribution in [2.45, 2.75) is 90.8 Å². The van der Waals surface area contributed by atoms with Gasteiger partial charge in [-0.05, 0) is 51.3 Å². The molecule has 41 heavy (non-hydrogen) atoms. The highest BCUT2D eigenvalue weighted by Gasteiger charge is 2.33. The second-order valence-electron chi connectivity index (χ2n) is 11.0. The number of carbonyl (C=O) groups excluding carboxylic acids is 1. The Balaban J connectivity index is 1.44. The van der Waals surface area contributed by atoms with Crippen LogP contribution in [0.15, 0.2) is 28.0 Å². The van der Waals surface area contributed by atoms with Crippen LogP contribution >= 0.6 is 24.0 Å². The molecule has 4 heterocycles. The molecule has 9 nitrogen and oxygen atoms in total. The molecule has 222 valence electrons. The molecule has 0 spiro atoms. The minimum Gasteiger partial charge on any atom is -0.481 e. The molecule has 0 radical (unpaired) electrons. The van der Waals surface area contributed by atoms with E-state index in [2.05, 4.69) is 4.90 Å². The lowest BCUT2D eigenvalue weighted by molar-refractivity contribution is -0.137. The zero-order valence-electron chi connectivity index (χ0n) is 24.1. The molecule has 2 unspecified atom stereocenters. The van der Waals surface area contributed by atoms with Crippen LogP contribution in [-0.4, -0.2) is 67.4 Å². The van der Waals surface area contributed by atoms with Crippen molar-refractivity contribution >= 4 is 57.7 Å². The number of carboxylic acids is 1. The Morgan fingerprint density at radius 2 is 1.73 bits per heavy atom. The Labute approximate surface area is 251 Å². The molecule has 4 rings (SSSR count). The van der Waals surface area contributed by atoms with Crippen LogP contribution in [0.2, 0.25) is 0 Å². The SMILES string of the molecule is Cc1cccn2c(=O)c(C=C3SC(=S)N(CCCCCCCCCCC(=O)O)C3=O)c(N3CC(C)OC(C)C3)nc12. The number of aliphatic carboxylic acids is 1. The molecule has 2 aromatic heterocycles. The van der Waals surface area contributed by atoms with E-state index in [0.29, 0.717) is 45.9 Å². The summed E-state index contributed by atoms with van der Waals surface area (Å²) in [5, 5.41) is 8.71. The standard InChI is InChI=1S/C30H40N4O5S2/c1-20-13-12-16-33-26(20)31-27(32-18-21(2)39-22(3)19-32)23(28(33)37)17-24-29(38)34(30(40)41-24)15-11-9-7-5-4-6-8-10-14-25(35)36/h12-13,16-17,21-22H,4-11,14-15,18-19H2,1-3H3,(H,35,36). The number of amides is 1. The third-order valence-electron chi connectivity index (χ3n) is 7.45. The summed E-state index contributed by atoms with van der Waals surface area (Å²) in [6.07, 6.45) is 11.5. The summed E-state index contributed by atoms with van der Waals surface area (Å²) in [6.45, 7) is 7.71. The molecule has 0 aromatic carbocycles. The van der Waals surface area contributed by atoms with Gasteiger partial charge in [-0.1, -0.05) is 68.6 Å². The van der Waals surface area contributed by atoms with Gasteiger partial charge in [0, 0.05) is 32.3 Å². The lowest BCUT2D eigenvalue weighted by Gasteiger charge is -2.36. The number of pyridine rings is 1. The number of thiocarbonyl (C=S) groups is 1. The van der Waals surface area contributed by atoms with E-state index in [1.807, 2.05) is 32.9 Å². The third-order valence-corrected chi connectivity index (χ3v) is 8.83. The predicted molar refractivity (Wildman–Crippen MR) is 167 cm³/mol. The van der Waals surface area contributed by atoms with E-state index in [0.717, 1.165) is 56.9 Å². The summed E-state index contributed by atoms with van der Waals surface area (Å²) in [4.78, 5) is 46.9. The highest BCUT2D eigenvalue weighted by molar-refractivity contribution is 8.26. The lowest BCUT2D eigenvalue weighted by atomic mass is 10.1. The number of nitrogens with zero attached hydrogens (tertiary/aromatic N) is 4. The first kappa shape index (κ1) is 31.2. The maximum Gasteiger partial charge on any atom is 0.303 e. The molecule has 2 aliphatic heterocycles. The van der Waals surface area contributed by atoms with E-state index in [-0.39, 0.29) is 30.1 Å². The van der Waals surface area contributed by atoms with Crippen molar-refractivity contribution in [2.24, 2.45) is 0 Å². The van der Waals surface area contributed by atoms with Crippen LogP contribution in [0, 0.1) is 6.92 Å². The monoisotopic (exact) mass is 600 g/mol. The summed E-state index contributed by atoms with van der Waals surface area (Å²) < 4.78 is 7.98. The van der Waals surface area contributed by atoms with Crippen molar-refractivity contribution < 1.29 is 19.4 Å². The van der Waals surface area contributed by atoms with Crippen LogP contribution in [0.1, 0.15) is 82.8 Å². The molecule has 11 heteroatoms. The van der Waals surface area contributed by atoms with Gasteiger partial charge in [-0.2, -0.15) is 0 Å². The quantitative estimate of drug-likeness (QED) is 0.184. The molecule has 2 saturated heterocycles. The number of carboxylic acid groups (broad SMARTS) is 1. The van der Waals surface area contributed by atoms with E-state index in [9.17, 15) is 14.4 Å². The predicted octanol–water partition coefficient (Wildman–Crippen LogP) is 5.41. The van der Waals surface area contributed by atoms with Gasteiger partial charge < -0.3 is 14.7 Å². The number of rotatable bonds is 13. The first-order valence-electron chi connectivity index (χ1n) is 14.5. The Morgan fingerprint density at radius 1 is 1.10 bits per heavy atom. The summed E-state index contributed by atoms with van der Waals surface area (Å²) in [6, 6.07) is 3.76. The fourth-order valence-electron chi connectivity index (χ4n) is 5.45. The average Bonchev–Trinajstić information content (AvgIpc) is 3.18. The van der Waals surface area contributed by atoms with Crippen LogP contribution in [0.4, 0.5) is 5.82 Å². The first-order valence-corrected chi connectivity index (χ1v) is 15.8. The molecule has 2 atom stereocenters. The molecule has 1 N–H and O–H groups in total. The number of morpholine rings is 1. The Kier molecular flexibility index (Phi) is 11.0. The van der Waals surface area contributed by atoms with Gasteiger partial charge in [0.2, 0.25) is 0 Å². The minimum absolute atomic E-state index is 0.0149. The van der Waals surface area contributed by atoms with E-state index in [1.165, 1.54) is 11.8 Å². The number of thioether (sulfide) groups is 1. The second kappa shape index (κ2) is 14.4. The van der Waals surface area contributed by atoms with Gasteiger partial charge in [-0.3, -0.25) is 23.7 Å². The van der Waals surface area contributed by atoms with Crippen LogP contribution in [0.3, 0.4) is 0 Å². The van der Waals surface area contributed by atoms with Crippen molar-refractivity contribution in [1.29, 1.82) is 0 Å². The van der Waals surface area contributed by atoms with Crippen LogP contribution < -0.4 is 10.5 Å². The Bertz CT molecular complexity index is 1360. The highest BCUT2D eigenvalue weighted by Crippen LogP contribution is 2.34. The maximum atomic E-state index is 13.8. The fraction of sp³-hybridized carbons (Fsp3) is 0.567. The van der Waals surface area contributed by atoms with Gasteiger partial charge in [0.05, 0.1) is 22.7 Å². The highest BCUT2D eigenvalue weighted by atomic mass is 32.2. The van der Waals surface area contributed by atoms with Gasteiger partial charge in [-0.15, -0.1) is 0 Å². The number of hydrogen-bond acceptors (Lipinski definition) is 8. The first-order chi connectivity index (χ1) is 19.7. The van der Waals surface area contributed by atoms with Gasteiger partial charge in [-0.25, -0.2) is 4.98 Å². The molecular formula is C30H40N4O5S2. The molecule has 2 fully saturated rings. The Morgan fingerprint density at radius 3 is 2.39 bits per heavy atom. The normalized spacial score (nSPS) is 20.5. The average molecular weight is 601 g/mol. The zero-order chi connectivity index (χ0) is 29.5. The summed E-state index contributed by atoms with van der Waals surface area (Å²) in [5.41, 5.74) is 1.67. The van der Waals surface area contributed by atoms with Gasteiger partial charge in [0.15, 0.2) is 0 Å². The molecule has 2 aliphatic rings. The molecular weight excluding hydrogens is 560 g/mol. The summed E-state index contributed by atoms with van der Waals surface area (Å²) in [7, 11) is 0. The number of anilines is 1. The number of unbranched alkanes of at least 4 members (excludes halogenated alkanes) is 7. The number of hydrogen-bond donors (Lipinski definition) is 1. The summed E-state index contributed by atoms with van der Waals surface area (Å²) >= 11 is 6.80. The van der Waals surface area contributed by atoms with E-state index in [1.54, 1.807) is 21.6 Å². The number of carbonyl (C=O) groups is 2. The number of aryl methyl sites for hydroxylation is 1. The van der Waals surface area contributed by atoms with Crippen molar-refractivity contribution in [3.8, 4) is 0 Å². The molecule has 0 saturated carbocycles. The van der Waals surface area contributed by atoms with Crippen LogP contribution in [-0.2, 0) is 14.3 Å². The smallest absolute Gasteiger partial charge is 0.303 e. The lowest BCUT2D eigenvalue weighted by Crippen LogP contribution is -2.46. The van der Waals surface area contributed by atoms with Crippen LogP contribution in [0.25, 0.3) is 11.7 Å². The van der Waals surface area contributed by atoms with Gasteiger partial charge >= 0.3 is 5.97 Å². The van der Waals surface area contributed by atoms with Crippen LogP contribution in [0.5, 0.6) is 0 Å². The van der Waals surface area contributed by atoms with Crippen molar-refractivity contribution in [3.05, 3.63) is 44.7 Å². The topological polar surface area (TPSA) is 104 Å². The molecule has 0 bridgehead atoms. The number of fused-ring (bicyclic) bond motifs is 1. The minimum atomic E-state index is -0.728. The fourth-order valence-corrected chi connectivity index (χ4v) is 6.74. The Hall–Kier alpha value is -2.76. The number of ether oxygens (including phenoxy) is 1. The second-order valence-corrected chi connectivity index (χ2v) is 12.7. The van der Waals surface area contributed by atoms with Crippen molar-refractivity contribution in [1.82, 2.24) is 14.3 Å². The van der Waals surface area contributed by atoms with E-state index < -0.39 is 5.97 Å². The summed E-state index contributed by atoms with van der Waals surface area (Å²) in [5.74, 6) is -0.324.